The molecule has 136 valence electrons. The zero-order chi connectivity index (χ0) is 18.6. The van der Waals surface area contributed by atoms with E-state index in [2.05, 4.69) is 27.3 Å². The van der Waals surface area contributed by atoms with Gasteiger partial charge in [-0.05, 0) is 42.3 Å². The van der Waals surface area contributed by atoms with Gasteiger partial charge in [-0.3, -0.25) is 4.79 Å². The number of hydrogen-bond acceptors (Lipinski definition) is 5. The molecule has 4 rings (SSSR count). The van der Waals surface area contributed by atoms with Gasteiger partial charge < -0.3 is 20.0 Å². The van der Waals surface area contributed by atoms with E-state index in [0.717, 1.165) is 17.5 Å². The van der Waals surface area contributed by atoms with Crippen LogP contribution < -0.4 is 10.5 Å². The molecule has 3 N–H and O–H groups in total. The van der Waals surface area contributed by atoms with Crippen LogP contribution in [-0.4, -0.2) is 27.6 Å². The lowest BCUT2D eigenvalue weighted by molar-refractivity contribution is -0.119. The largest absolute Gasteiger partial charge is 0.484 e. The summed E-state index contributed by atoms with van der Waals surface area (Å²) < 4.78 is 10.6. The molecule has 7 nitrogen and oxygen atoms in total. The average molecular weight is 362 g/mol. The summed E-state index contributed by atoms with van der Waals surface area (Å²) in [4.78, 5) is 18.5. The van der Waals surface area contributed by atoms with Gasteiger partial charge in [-0.2, -0.15) is 4.98 Å². The number of benzene rings is 2. The smallest absolute Gasteiger partial charge is 0.255 e. The molecule has 2 aromatic heterocycles. The van der Waals surface area contributed by atoms with E-state index >= 15 is 0 Å². The van der Waals surface area contributed by atoms with Crippen molar-refractivity contribution in [2.24, 2.45) is 5.73 Å². The highest BCUT2D eigenvalue weighted by Gasteiger charge is 2.11. The number of aromatic amines is 1. The number of nitrogens with one attached hydrogen (secondary N) is 1. The number of rotatable bonds is 7. The Hall–Kier alpha value is -3.61. The Bertz CT molecular complexity index is 1070. The van der Waals surface area contributed by atoms with Gasteiger partial charge in [0.1, 0.15) is 5.75 Å². The first-order valence-corrected chi connectivity index (χ1v) is 8.58. The summed E-state index contributed by atoms with van der Waals surface area (Å²) in [5.74, 6) is 1.15. The fourth-order valence-corrected chi connectivity index (χ4v) is 2.91. The minimum absolute atomic E-state index is 0.153. The molecule has 0 aliphatic carbocycles. The number of aryl methyl sites for hydroxylation is 2. The zero-order valence-electron chi connectivity index (χ0n) is 14.5. The topological polar surface area (TPSA) is 107 Å². The molecule has 2 aromatic carbocycles. The Morgan fingerprint density at radius 3 is 2.74 bits per heavy atom. The number of carbonyl (C=O) groups is 1. The van der Waals surface area contributed by atoms with Crippen LogP contribution in [0.1, 0.15) is 11.5 Å². The Kier molecular flexibility index (Phi) is 4.57. The SMILES string of the molecule is NC(=O)COc1ccc(-c2noc(CCc3c[nH]c4ccccc34)n2)cc1. The van der Waals surface area contributed by atoms with Gasteiger partial charge in [0.15, 0.2) is 6.61 Å². The van der Waals surface area contributed by atoms with Crippen LogP contribution in [0.3, 0.4) is 0 Å². The molecular formula is C20H18N4O3. The fraction of sp³-hybridized carbons (Fsp3) is 0.150. The second kappa shape index (κ2) is 7.33. The van der Waals surface area contributed by atoms with Gasteiger partial charge in [0.05, 0.1) is 0 Å². The van der Waals surface area contributed by atoms with Crippen molar-refractivity contribution in [2.45, 2.75) is 12.8 Å². The Labute approximate surface area is 155 Å². The van der Waals surface area contributed by atoms with E-state index in [0.29, 0.717) is 23.9 Å². The molecule has 7 heteroatoms. The van der Waals surface area contributed by atoms with Crippen molar-refractivity contribution in [3.8, 4) is 17.1 Å². The highest BCUT2D eigenvalue weighted by molar-refractivity contribution is 5.83. The fourth-order valence-electron chi connectivity index (χ4n) is 2.91. The standard InChI is InChI=1S/C20H18N4O3/c21-18(25)12-26-15-8-5-13(6-9-15)20-23-19(27-24-20)10-7-14-11-22-17-4-2-1-3-16(14)17/h1-6,8-9,11,22H,7,10,12H2,(H2,21,25). The Morgan fingerprint density at radius 1 is 1.11 bits per heavy atom. The maximum atomic E-state index is 10.7. The second-order valence-electron chi connectivity index (χ2n) is 6.15. The van der Waals surface area contributed by atoms with Crippen LogP contribution in [0.25, 0.3) is 22.3 Å². The average Bonchev–Trinajstić information content (AvgIpc) is 3.32. The van der Waals surface area contributed by atoms with E-state index in [4.69, 9.17) is 15.0 Å². The number of hydrogen-bond donors (Lipinski definition) is 2. The molecule has 0 unspecified atom stereocenters. The summed E-state index contributed by atoms with van der Waals surface area (Å²) in [5, 5.41) is 5.26. The molecule has 0 saturated heterocycles. The summed E-state index contributed by atoms with van der Waals surface area (Å²) in [6, 6.07) is 15.3. The van der Waals surface area contributed by atoms with Crippen molar-refractivity contribution in [3.63, 3.8) is 0 Å². The van der Waals surface area contributed by atoms with E-state index in [1.165, 1.54) is 10.9 Å². The number of carbonyl (C=O) groups excluding carboxylic acids is 1. The van der Waals surface area contributed by atoms with Crippen molar-refractivity contribution < 1.29 is 14.1 Å². The molecule has 4 aromatic rings. The van der Waals surface area contributed by atoms with Gasteiger partial charge in [0.25, 0.3) is 5.91 Å². The molecule has 1 amide bonds. The highest BCUT2D eigenvalue weighted by Crippen LogP contribution is 2.22. The third kappa shape index (κ3) is 3.82. The first kappa shape index (κ1) is 16.8. The molecule has 0 atom stereocenters. The van der Waals surface area contributed by atoms with Gasteiger partial charge >= 0.3 is 0 Å². The molecule has 0 spiro atoms. The molecule has 0 radical (unpaired) electrons. The quantitative estimate of drug-likeness (QED) is 0.526. The lowest BCUT2D eigenvalue weighted by Gasteiger charge is -2.03. The van der Waals surface area contributed by atoms with Crippen LogP contribution in [0, 0.1) is 0 Å². The minimum Gasteiger partial charge on any atom is -0.484 e. The number of amides is 1. The van der Waals surface area contributed by atoms with Gasteiger partial charge in [0.2, 0.25) is 11.7 Å². The Morgan fingerprint density at radius 2 is 1.93 bits per heavy atom. The van der Waals surface area contributed by atoms with Crippen LogP contribution in [0.15, 0.2) is 59.3 Å². The minimum atomic E-state index is -0.517. The van der Waals surface area contributed by atoms with Crippen molar-refractivity contribution >= 4 is 16.8 Å². The first-order chi connectivity index (χ1) is 13.2. The monoisotopic (exact) mass is 362 g/mol. The number of ether oxygens (including phenoxy) is 1. The second-order valence-corrected chi connectivity index (χ2v) is 6.15. The van der Waals surface area contributed by atoms with Crippen molar-refractivity contribution in [1.82, 2.24) is 15.1 Å². The lowest BCUT2D eigenvalue weighted by atomic mass is 10.1. The van der Waals surface area contributed by atoms with Crippen LogP contribution in [-0.2, 0) is 17.6 Å². The number of H-pyrrole nitrogens is 1. The van der Waals surface area contributed by atoms with Crippen LogP contribution in [0.2, 0.25) is 0 Å². The maximum Gasteiger partial charge on any atom is 0.255 e. The number of nitrogens with zero attached hydrogens (tertiary/aromatic N) is 2. The van der Waals surface area contributed by atoms with Crippen LogP contribution in [0.5, 0.6) is 5.75 Å². The van der Waals surface area contributed by atoms with Crippen molar-refractivity contribution in [3.05, 3.63) is 66.2 Å². The summed E-state index contributed by atoms with van der Waals surface area (Å²) in [6.07, 6.45) is 3.49. The van der Waals surface area contributed by atoms with Crippen LogP contribution in [0.4, 0.5) is 0 Å². The number of aromatic nitrogens is 3. The number of fused-ring (bicyclic) bond motifs is 1. The molecule has 0 fully saturated rings. The van der Waals surface area contributed by atoms with E-state index in [1.54, 1.807) is 12.1 Å². The van der Waals surface area contributed by atoms with E-state index in [9.17, 15) is 4.79 Å². The normalized spacial score (nSPS) is 11.0. The molecule has 0 aliphatic rings. The molecule has 27 heavy (non-hydrogen) atoms. The van der Waals surface area contributed by atoms with Gasteiger partial charge in [-0.25, -0.2) is 0 Å². The highest BCUT2D eigenvalue weighted by atomic mass is 16.5. The molecule has 0 saturated carbocycles. The lowest BCUT2D eigenvalue weighted by Crippen LogP contribution is -2.19. The zero-order valence-corrected chi connectivity index (χ0v) is 14.5. The van der Waals surface area contributed by atoms with Crippen molar-refractivity contribution in [1.29, 1.82) is 0 Å². The van der Waals surface area contributed by atoms with Gasteiger partial charge in [-0.15, -0.1) is 0 Å². The van der Waals surface area contributed by atoms with E-state index in [1.807, 2.05) is 30.5 Å². The third-order valence-electron chi connectivity index (χ3n) is 4.24. The van der Waals surface area contributed by atoms with Gasteiger partial charge in [-0.1, -0.05) is 23.4 Å². The third-order valence-corrected chi connectivity index (χ3v) is 4.24. The van der Waals surface area contributed by atoms with E-state index < -0.39 is 5.91 Å². The molecular weight excluding hydrogens is 344 g/mol. The Balaban J connectivity index is 1.41. The molecule has 0 aliphatic heterocycles. The molecule has 2 heterocycles. The number of primary amides is 1. The summed E-state index contributed by atoms with van der Waals surface area (Å²) in [5.41, 5.74) is 8.21. The van der Waals surface area contributed by atoms with Crippen LogP contribution >= 0.6 is 0 Å². The maximum absolute atomic E-state index is 10.7. The predicted molar refractivity (Wildman–Crippen MR) is 100 cm³/mol. The summed E-state index contributed by atoms with van der Waals surface area (Å²) in [6.45, 7) is -0.153. The van der Waals surface area contributed by atoms with Crippen molar-refractivity contribution in [2.75, 3.05) is 6.61 Å². The first-order valence-electron chi connectivity index (χ1n) is 8.58. The number of nitrogens with two attached hydrogens (primary N) is 1. The number of para-hydroxylation sites is 1. The van der Waals surface area contributed by atoms with E-state index in [-0.39, 0.29) is 6.61 Å². The summed E-state index contributed by atoms with van der Waals surface area (Å²) >= 11 is 0. The molecule has 0 bridgehead atoms. The van der Waals surface area contributed by atoms with Gasteiger partial charge in [0, 0.05) is 29.1 Å². The summed E-state index contributed by atoms with van der Waals surface area (Å²) in [7, 11) is 0. The predicted octanol–water partition coefficient (Wildman–Crippen LogP) is 2.87.